The molecule has 1 atom stereocenters. The van der Waals surface area contributed by atoms with E-state index >= 15 is 0 Å². The summed E-state index contributed by atoms with van der Waals surface area (Å²) in [5, 5.41) is 2.85. The first-order valence-electron chi connectivity index (χ1n) is 8.14. The second-order valence-corrected chi connectivity index (χ2v) is 7.50. The summed E-state index contributed by atoms with van der Waals surface area (Å²) in [6, 6.07) is 14.4. The molecule has 1 unspecified atom stereocenters. The third-order valence-corrected chi connectivity index (χ3v) is 4.81. The van der Waals surface area contributed by atoms with Crippen LogP contribution in [0.1, 0.15) is 28.8 Å². The number of nitrogens with zero attached hydrogens (tertiary/aromatic N) is 1. The summed E-state index contributed by atoms with van der Waals surface area (Å²) in [5.41, 5.74) is 2.93. The molecule has 0 spiro atoms. The van der Waals surface area contributed by atoms with Crippen molar-refractivity contribution in [3.63, 3.8) is 0 Å². The molecule has 5 nitrogen and oxygen atoms in total. The summed E-state index contributed by atoms with van der Waals surface area (Å²) >= 11 is 0. The van der Waals surface area contributed by atoms with Crippen LogP contribution in [0.4, 0.5) is 11.4 Å². The minimum absolute atomic E-state index is 0.141. The highest BCUT2D eigenvalue weighted by Crippen LogP contribution is 2.23. The number of carbonyl (C=O) groups excluding carboxylic acids is 2. The lowest BCUT2D eigenvalue weighted by Crippen LogP contribution is -2.23. The van der Waals surface area contributed by atoms with Crippen LogP contribution in [-0.4, -0.2) is 28.8 Å². The maximum Gasteiger partial charge on any atom is 0.255 e. The van der Waals surface area contributed by atoms with E-state index in [-0.39, 0.29) is 11.8 Å². The zero-order chi connectivity index (χ0) is 17.8. The first-order chi connectivity index (χ1) is 12.0. The van der Waals surface area contributed by atoms with Crippen LogP contribution in [0.3, 0.4) is 0 Å². The lowest BCUT2D eigenvalue weighted by atomic mass is 10.1. The molecule has 130 valence electrons. The van der Waals surface area contributed by atoms with Gasteiger partial charge in [-0.1, -0.05) is 12.1 Å². The van der Waals surface area contributed by atoms with E-state index in [1.54, 1.807) is 41.5 Å². The van der Waals surface area contributed by atoms with Crippen molar-refractivity contribution in [3.8, 4) is 0 Å². The molecule has 3 rings (SSSR count). The Morgan fingerprint density at radius 1 is 1.20 bits per heavy atom. The molecule has 1 fully saturated rings. The molecule has 1 aliphatic rings. The second-order valence-electron chi connectivity index (χ2n) is 6.07. The molecule has 0 aliphatic carbocycles. The Labute approximate surface area is 149 Å². The quantitative estimate of drug-likeness (QED) is 0.896. The molecule has 1 saturated heterocycles. The van der Waals surface area contributed by atoms with Crippen molar-refractivity contribution < 1.29 is 13.8 Å². The topological polar surface area (TPSA) is 66.5 Å². The van der Waals surface area contributed by atoms with Gasteiger partial charge in [0.2, 0.25) is 5.91 Å². The number of hydrogen-bond acceptors (Lipinski definition) is 3. The van der Waals surface area contributed by atoms with Gasteiger partial charge < -0.3 is 10.2 Å². The minimum Gasteiger partial charge on any atom is -0.322 e. The molecule has 0 bridgehead atoms. The van der Waals surface area contributed by atoms with Crippen LogP contribution in [0.5, 0.6) is 0 Å². The summed E-state index contributed by atoms with van der Waals surface area (Å²) in [6.07, 6.45) is 3.12. The van der Waals surface area contributed by atoms with Crippen LogP contribution < -0.4 is 10.2 Å². The van der Waals surface area contributed by atoms with Crippen molar-refractivity contribution in [2.75, 3.05) is 23.0 Å². The molecule has 1 N–H and O–H groups in total. The van der Waals surface area contributed by atoms with Crippen LogP contribution in [0, 0.1) is 0 Å². The van der Waals surface area contributed by atoms with Crippen molar-refractivity contribution in [2.45, 2.75) is 18.6 Å². The van der Waals surface area contributed by atoms with Crippen LogP contribution in [0.25, 0.3) is 0 Å². The standard InChI is InChI=1S/C19H20N2O3S/c1-25(24)13-14-4-2-5-15(12-14)19(23)20-16-7-9-17(10-8-16)21-11-3-6-18(21)22/h2,4-5,7-10,12H,3,6,11,13H2,1H3,(H,20,23). The summed E-state index contributed by atoms with van der Waals surface area (Å²) in [4.78, 5) is 25.9. The average molecular weight is 356 g/mol. The van der Waals surface area contributed by atoms with E-state index in [1.165, 1.54) is 0 Å². The lowest BCUT2D eigenvalue weighted by Gasteiger charge is -2.16. The van der Waals surface area contributed by atoms with Gasteiger partial charge in [-0.3, -0.25) is 13.8 Å². The molecular weight excluding hydrogens is 336 g/mol. The molecule has 2 aromatic carbocycles. The molecule has 25 heavy (non-hydrogen) atoms. The van der Waals surface area contributed by atoms with Gasteiger partial charge in [-0.15, -0.1) is 0 Å². The van der Waals surface area contributed by atoms with Crippen LogP contribution in [0.15, 0.2) is 48.5 Å². The molecule has 0 radical (unpaired) electrons. The molecule has 6 heteroatoms. The van der Waals surface area contributed by atoms with Gasteiger partial charge in [0.1, 0.15) is 0 Å². The molecule has 2 amide bonds. The summed E-state index contributed by atoms with van der Waals surface area (Å²) in [6.45, 7) is 0.746. The molecular formula is C19H20N2O3S. The highest BCUT2D eigenvalue weighted by Gasteiger charge is 2.21. The Morgan fingerprint density at radius 2 is 1.96 bits per heavy atom. The number of nitrogens with one attached hydrogen (secondary N) is 1. The Morgan fingerprint density at radius 3 is 2.60 bits per heavy atom. The molecule has 1 aliphatic heterocycles. The van der Waals surface area contributed by atoms with E-state index in [0.717, 1.165) is 24.2 Å². The third kappa shape index (κ3) is 4.33. The smallest absolute Gasteiger partial charge is 0.255 e. The zero-order valence-corrected chi connectivity index (χ0v) is 14.8. The van der Waals surface area contributed by atoms with E-state index < -0.39 is 10.8 Å². The predicted octanol–water partition coefficient (Wildman–Crippen LogP) is 2.94. The number of carbonyl (C=O) groups is 2. The average Bonchev–Trinajstić information content (AvgIpc) is 3.01. The van der Waals surface area contributed by atoms with Gasteiger partial charge in [0, 0.05) is 52.7 Å². The Balaban J connectivity index is 1.68. The maximum absolute atomic E-state index is 12.4. The molecule has 0 saturated carbocycles. The Hall–Kier alpha value is -2.47. The zero-order valence-electron chi connectivity index (χ0n) is 14.0. The van der Waals surface area contributed by atoms with Crippen molar-refractivity contribution in [3.05, 3.63) is 59.7 Å². The molecule has 1 heterocycles. The third-order valence-electron chi connectivity index (χ3n) is 4.07. The van der Waals surface area contributed by atoms with E-state index in [1.807, 2.05) is 18.2 Å². The van der Waals surface area contributed by atoms with Crippen LogP contribution in [0.2, 0.25) is 0 Å². The Kier molecular flexibility index (Phi) is 5.28. The van der Waals surface area contributed by atoms with Crippen LogP contribution in [-0.2, 0) is 21.3 Å². The number of rotatable bonds is 5. The molecule has 0 aromatic heterocycles. The van der Waals surface area contributed by atoms with E-state index in [9.17, 15) is 13.8 Å². The summed E-state index contributed by atoms with van der Waals surface area (Å²) in [7, 11) is -0.947. The number of amides is 2. The Bertz CT molecular complexity index is 818. The van der Waals surface area contributed by atoms with Gasteiger partial charge >= 0.3 is 0 Å². The summed E-state index contributed by atoms with van der Waals surface area (Å²) in [5.74, 6) is 0.357. The SMILES string of the molecule is CS(=O)Cc1cccc(C(=O)Nc2ccc(N3CCCC3=O)cc2)c1. The predicted molar refractivity (Wildman–Crippen MR) is 100 cm³/mol. The number of anilines is 2. The van der Waals surface area contributed by atoms with Gasteiger partial charge in [0.25, 0.3) is 5.91 Å². The monoisotopic (exact) mass is 356 g/mol. The van der Waals surface area contributed by atoms with E-state index in [4.69, 9.17) is 0 Å². The van der Waals surface area contributed by atoms with Crippen molar-refractivity contribution >= 4 is 34.0 Å². The maximum atomic E-state index is 12.4. The largest absolute Gasteiger partial charge is 0.322 e. The van der Waals surface area contributed by atoms with Crippen molar-refractivity contribution in [1.29, 1.82) is 0 Å². The minimum atomic E-state index is -0.947. The first kappa shape index (κ1) is 17.4. The molecule has 2 aromatic rings. The normalized spacial score (nSPS) is 15.2. The van der Waals surface area contributed by atoms with Crippen molar-refractivity contribution in [1.82, 2.24) is 0 Å². The van der Waals surface area contributed by atoms with Gasteiger partial charge in [-0.05, 0) is 48.4 Å². The lowest BCUT2D eigenvalue weighted by molar-refractivity contribution is -0.117. The highest BCUT2D eigenvalue weighted by molar-refractivity contribution is 7.83. The fraction of sp³-hybridized carbons (Fsp3) is 0.263. The first-order valence-corrected chi connectivity index (χ1v) is 9.86. The highest BCUT2D eigenvalue weighted by atomic mass is 32.2. The van der Waals surface area contributed by atoms with E-state index in [0.29, 0.717) is 23.4 Å². The fourth-order valence-electron chi connectivity index (χ4n) is 2.89. The fourth-order valence-corrected chi connectivity index (χ4v) is 3.54. The van der Waals surface area contributed by atoms with Crippen molar-refractivity contribution in [2.24, 2.45) is 0 Å². The summed E-state index contributed by atoms with van der Waals surface area (Å²) < 4.78 is 11.3. The second kappa shape index (κ2) is 7.61. The number of hydrogen-bond donors (Lipinski definition) is 1. The number of benzene rings is 2. The van der Waals surface area contributed by atoms with Gasteiger partial charge in [-0.25, -0.2) is 0 Å². The van der Waals surface area contributed by atoms with Crippen LogP contribution >= 0.6 is 0 Å². The van der Waals surface area contributed by atoms with E-state index in [2.05, 4.69) is 5.32 Å². The van der Waals surface area contributed by atoms with Gasteiger partial charge in [0.15, 0.2) is 0 Å². The van der Waals surface area contributed by atoms with Gasteiger partial charge in [-0.2, -0.15) is 0 Å². The van der Waals surface area contributed by atoms with Gasteiger partial charge in [0.05, 0.1) is 0 Å².